The molecule has 3 aromatic heterocycles. The van der Waals surface area contributed by atoms with Crippen molar-refractivity contribution in [2.45, 2.75) is 78.4 Å². The number of imidazole rings is 3. The molecular formula is C28H45N9O. The Hall–Kier alpha value is -2.98. The van der Waals surface area contributed by atoms with Crippen LogP contribution in [0, 0.1) is 5.92 Å². The standard InChI is InChI=1S/C28H45N9O/c1-4-15-35(16-5-2)17-7-6-10-33-28(38)24-20-37-19-23(8-9-26(37)34-24)18-36(21-25-29-11-12-30-25)22(3)27-31-13-14-32-27/h11-14,20,22-23H,4-10,15-19,21H2,1-3H3,(H,29,30)(H,31,32)(H,33,38). The van der Waals surface area contributed by atoms with Crippen LogP contribution in [0.15, 0.2) is 31.0 Å². The van der Waals surface area contributed by atoms with Gasteiger partial charge in [-0.1, -0.05) is 13.8 Å². The van der Waals surface area contributed by atoms with Gasteiger partial charge < -0.3 is 24.8 Å². The van der Waals surface area contributed by atoms with Crippen LogP contribution in [-0.2, 0) is 19.5 Å². The molecule has 38 heavy (non-hydrogen) atoms. The number of unbranched alkanes of at least 4 members (excludes halogenated alkanes) is 1. The third kappa shape index (κ3) is 7.77. The minimum absolute atomic E-state index is 0.0618. The van der Waals surface area contributed by atoms with Gasteiger partial charge in [0.25, 0.3) is 5.91 Å². The highest BCUT2D eigenvalue weighted by Gasteiger charge is 2.27. The van der Waals surface area contributed by atoms with Crippen LogP contribution >= 0.6 is 0 Å². The molecule has 0 saturated carbocycles. The molecule has 4 heterocycles. The Morgan fingerprint density at radius 3 is 2.63 bits per heavy atom. The molecule has 2 unspecified atom stereocenters. The number of rotatable bonds is 16. The van der Waals surface area contributed by atoms with E-state index in [0.29, 0.717) is 18.2 Å². The minimum atomic E-state index is -0.0618. The fraction of sp³-hybridized carbons (Fsp3) is 0.643. The first-order valence-electron chi connectivity index (χ1n) is 14.4. The van der Waals surface area contributed by atoms with Crippen LogP contribution in [0.5, 0.6) is 0 Å². The largest absolute Gasteiger partial charge is 0.351 e. The van der Waals surface area contributed by atoms with E-state index in [2.05, 4.69) is 65.4 Å². The maximum absolute atomic E-state index is 12.8. The highest BCUT2D eigenvalue weighted by molar-refractivity contribution is 5.92. The van der Waals surface area contributed by atoms with E-state index in [1.54, 1.807) is 12.4 Å². The van der Waals surface area contributed by atoms with Crippen LogP contribution in [-0.4, -0.2) is 77.9 Å². The lowest BCUT2D eigenvalue weighted by molar-refractivity contribution is 0.0948. The van der Waals surface area contributed by atoms with Crippen molar-refractivity contribution in [1.82, 2.24) is 44.6 Å². The Morgan fingerprint density at radius 1 is 1.13 bits per heavy atom. The van der Waals surface area contributed by atoms with Crippen LogP contribution in [0.25, 0.3) is 0 Å². The fourth-order valence-electron chi connectivity index (χ4n) is 5.44. The Bertz CT molecular complexity index is 1070. The summed E-state index contributed by atoms with van der Waals surface area (Å²) < 4.78 is 2.18. The lowest BCUT2D eigenvalue weighted by Gasteiger charge is -2.33. The van der Waals surface area contributed by atoms with Crippen LogP contribution in [0.1, 0.15) is 86.9 Å². The van der Waals surface area contributed by atoms with Gasteiger partial charge in [-0.15, -0.1) is 0 Å². The molecule has 10 heteroatoms. The molecule has 0 spiro atoms. The number of nitrogens with zero attached hydrogens (tertiary/aromatic N) is 6. The van der Waals surface area contributed by atoms with E-state index >= 15 is 0 Å². The quantitative estimate of drug-likeness (QED) is 0.246. The highest BCUT2D eigenvalue weighted by atomic mass is 16.1. The van der Waals surface area contributed by atoms with Gasteiger partial charge in [-0.2, -0.15) is 0 Å². The number of fused-ring (bicyclic) bond motifs is 1. The number of carbonyl (C=O) groups is 1. The van der Waals surface area contributed by atoms with Gasteiger partial charge in [-0.3, -0.25) is 9.69 Å². The number of aromatic amines is 2. The summed E-state index contributed by atoms with van der Waals surface area (Å²) in [5, 5.41) is 3.08. The summed E-state index contributed by atoms with van der Waals surface area (Å²) >= 11 is 0. The van der Waals surface area contributed by atoms with Gasteiger partial charge in [0.1, 0.15) is 23.2 Å². The molecule has 4 rings (SSSR count). The van der Waals surface area contributed by atoms with Crippen molar-refractivity contribution in [3.63, 3.8) is 0 Å². The summed E-state index contributed by atoms with van der Waals surface area (Å²) in [6, 6.07) is 0.136. The van der Waals surface area contributed by atoms with Crippen LogP contribution in [0.3, 0.4) is 0 Å². The van der Waals surface area contributed by atoms with Gasteiger partial charge in [0.05, 0.1) is 12.6 Å². The molecule has 208 valence electrons. The molecule has 3 aromatic rings. The molecular weight excluding hydrogens is 478 g/mol. The number of hydrogen-bond donors (Lipinski definition) is 3. The molecule has 0 radical (unpaired) electrons. The minimum Gasteiger partial charge on any atom is -0.351 e. The number of aryl methyl sites for hydroxylation is 1. The topological polar surface area (TPSA) is 111 Å². The summed E-state index contributed by atoms with van der Waals surface area (Å²) in [7, 11) is 0. The van der Waals surface area contributed by atoms with Crippen LogP contribution < -0.4 is 5.32 Å². The van der Waals surface area contributed by atoms with Crippen LogP contribution in [0.2, 0.25) is 0 Å². The molecule has 0 saturated heterocycles. The number of hydrogen-bond acceptors (Lipinski definition) is 6. The van der Waals surface area contributed by atoms with Gasteiger partial charge in [0, 0.05) is 57.0 Å². The van der Waals surface area contributed by atoms with E-state index in [0.717, 1.165) is 82.4 Å². The molecule has 1 aliphatic rings. The number of carbonyl (C=O) groups excluding carboxylic acids is 1. The van der Waals surface area contributed by atoms with Crippen molar-refractivity contribution < 1.29 is 4.79 Å². The average molecular weight is 524 g/mol. The Morgan fingerprint density at radius 2 is 1.92 bits per heavy atom. The Kier molecular flexibility index (Phi) is 10.5. The third-order valence-electron chi connectivity index (χ3n) is 7.45. The summed E-state index contributed by atoms with van der Waals surface area (Å²) in [5.74, 6) is 3.31. The second kappa shape index (κ2) is 14.2. The number of H-pyrrole nitrogens is 2. The van der Waals surface area contributed by atoms with Crippen molar-refractivity contribution in [3.05, 3.63) is 54.2 Å². The SMILES string of the molecule is CCCN(CCC)CCCCNC(=O)c1cn2c(n1)CCC(CN(Cc1ncc[nH]1)C(C)c1ncc[nH]1)C2. The molecule has 0 aromatic carbocycles. The van der Waals surface area contributed by atoms with Crippen molar-refractivity contribution in [2.24, 2.45) is 5.92 Å². The summed E-state index contributed by atoms with van der Waals surface area (Å²) in [6.45, 7) is 13.3. The van der Waals surface area contributed by atoms with Crippen LogP contribution in [0.4, 0.5) is 0 Å². The van der Waals surface area contributed by atoms with E-state index < -0.39 is 0 Å². The fourth-order valence-corrected chi connectivity index (χ4v) is 5.44. The summed E-state index contributed by atoms with van der Waals surface area (Å²) in [5.41, 5.74) is 0.538. The molecule has 0 aliphatic carbocycles. The van der Waals surface area contributed by atoms with E-state index in [1.165, 1.54) is 12.8 Å². The first-order valence-corrected chi connectivity index (χ1v) is 14.4. The Labute approximate surface area is 226 Å². The molecule has 3 N–H and O–H groups in total. The van der Waals surface area contributed by atoms with Crippen molar-refractivity contribution in [3.8, 4) is 0 Å². The summed E-state index contributed by atoms with van der Waals surface area (Å²) in [6.07, 6.45) is 15.7. The lowest BCUT2D eigenvalue weighted by Crippen LogP contribution is -2.36. The zero-order valence-corrected chi connectivity index (χ0v) is 23.3. The first kappa shape index (κ1) is 28.0. The third-order valence-corrected chi connectivity index (χ3v) is 7.45. The van der Waals surface area contributed by atoms with Gasteiger partial charge in [-0.25, -0.2) is 15.0 Å². The molecule has 2 atom stereocenters. The zero-order valence-electron chi connectivity index (χ0n) is 23.3. The number of amides is 1. The van der Waals surface area contributed by atoms with Crippen molar-refractivity contribution in [2.75, 3.05) is 32.7 Å². The maximum atomic E-state index is 12.8. The number of aromatic nitrogens is 6. The number of nitrogens with one attached hydrogen (secondary N) is 3. The predicted octanol–water partition coefficient (Wildman–Crippen LogP) is 3.79. The molecule has 0 fully saturated rings. The summed E-state index contributed by atoms with van der Waals surface area (Å²) in [4.78, 5) is 37.8. The lowest BCUT2D eigenvalue weighted by atomic mass is 9.98. The molecule has 10 nitrogen and oxygen atoms in total. The van der Waals surface area contributed by atoms with E-state index in [9.17, 15) is 4.79 Å². The predicted molar refractivity (Wildman–Crippen MR) is 149 cm³/mol. The van der Waals surface area contributed by atoms with Crippen molar-refractivity contribution in [1.29, 1.82) is 0 Å². The zero-order chi connectivity index (χ0) is 26.7. The molecule has 1 aliphatic heterocycles. The highest BCUT2D eigenvalue weighted by Crippen LogP contribution is 2.26. The maximum Gasteiger partial charge on any atom is 0.271 e. The second-order valence-electron chi connectivity index (χ2n) is 10.5. The normalized spacial score (nSPS) is 16.2. The van der Waals surface area contributed by atoms with Gasteiger partial charge in [-0.05, 0) is 64.6 Å². The average Bonchev–Trinajstić information content (AvgIpc) is 3.70. The van der Waals surface area contributed by atoms with Gasteiger partial charge in [0.15, 0.2) is 0 Å². The van der Waals surface area contributed by atoms with Gasteiger partial charge >= 0.3 is 0 Å². The molecule has 0 bridgehead atoms. The van der Waals surface area contributed by atoms with Gasteiger partial charge in [0.2, 0.25) is 0 Å². The van der Waals surface area contributed by atoms with E-state index in [-0.39, 0.29) is 11.9 Å². The molecule has 1 amide bonds. The smallest absolute Gasteiger partial charge is 0.271 e. The van der Waals surface area contributed by atoms with Crippen molar-refractivity contribution >= 4 is 5.91 Å². The first-order chi connectivity index (χ1) is 18.6. The Balaban J connectivity index is 1.28. The monoisotopic (exact) mass is 523 g/mol. The van der Waals surface area contributed by atoms with E-state index in [4.69, 9.17) is 0 Å². The van der Waals surface area contributed by atoms with E-state index in [1.807, 2.05) is 18.6 Å². The second-order valence-corrected chi connectivity index (χ2v) is 10.5.